The Bertz CT molecular complexity index is 1440. The van der Waals surface area contributed by atoms with Gasteiger partial charge < -0.3 is 15.0 Å². The monoisotopic (exact) mass is 603 g/mol. The number of halogens is 2. The zero-order chi connectivity index (χ0) is 30.2. The van der Waals surface area contributed by atoms with Crippen molar-refractivity contribution in [1.82, 2.24) is 10.2 Å². The molecule has 0 heterocycles. The van der Waals surface area contributed by atoms with Crippen molar-refractivity contribution >= 4 is 39.1 Å². The van der Waals surface area contributed by atoms with Gasteiger partial charge in [-0.15, -0.1) is 0 Å². The molecule has 2 atom stereocenters. The molecule has 0 aliphatic heterocycles. The Balaban J connectivity index is 2.06. The summed E-state index contributed by atoms with van der Waals surface area (Å²) in [6, 6.07) is 18.1. The second-order valence-electron chi connectivity index (χ2n) is 9.76. The van der Waals surface area contributed by atoms with Crippen molar-refractivity contribution in [3.8, 4) is 5.75 Å². The van der Waals surface area contributed by atoms with Crippen LogP contribution in [0.3, 0.4) is 0 Å². The van der Waals surface area contributed by atoms with E-state index in [-0.39, 0.29) is 35.6 Å². The zero-order valence-electron chi connectivity index (χ0n) is 23.5. The first kappa shape index (κ1) is 31.9. The van der Waals surface area contributed by atoms with E-state index >= 15 is 0 Å². The maximum Gasteiger partial charge on any atom is 0.244 e. The third kappa shape index (κ3) is 8.93. The van der Waals surface area contributed by atoms with Gasteiger partial charge in [0, 0.05) is 19.0 Å². The number of nitrogens with one attached hydrogen (secondary N) is 1. The highest BCUT2D eigenvalue weighted by Gasteiger charge is 2.33. The van der Waals surface area contributed by atoms with Crippen LogP contribution in [0.1, 0.15) is 31.4 Å². The van der Waals surface area contributed by atoms with Crippen LogP contribution in [0, 0.1) is 5.82 Å². The van der Waals surface area contributed by atoms with Crippen LogP contribution < -0.4 is 14.4 Å². The van der Waals surface area contributed by atoms with Crippen LogP contribution in [0.2, 0.25) is 5.02 Å². The quantitative estimate of drug-likeness (QED) is 0.303. The number of rotatable bonds is 13. The van der Waals surface area contributed by atoms with E-state index in [0.717, 1.165) is 16.1 Å². The van der Waals surface area contributed by atoms with Crippen molar-refractivity contribution in [2.45, 2.75) is 45.3 Å². The molecule has 0 aliphatic carbocycles. The minimum Gasteiger partial charge on any atom is -0.495 e. The fourth-order valence-corrected chi connectivity index (χ4v) is 5.30. The molecule has 1 N–H and O–H groups in total. The summed E-state index contributed by atoms with van der Waals surface area (Å²) in [5.74, 6) is -1.09. The summed E-state index contributed by atoms with van der Waals surface area (Å²) in [5, 5.41) is 3.13. The third-order valence-corrected chi connectivity index (χ3v) is 8.08. The lowest BCUT2D eigenvalue weighted by Crippen LogP contribution is -2.54. The molecular formula is C30H35ClFN3O5S. The molecule has 8 nitrogen and oxygen atoms in total. The Kier molecular flexibility index (Phi) is 11.1. The minimum absolute atomic E-state index is 0.0501. The smallest absolute Gasteiger partial charge is 0.244 e. The second-order valence-corrected chi connectivity index (χ2v) is 12.1. The van der Waals surface area contributed by atoms with Gasteiger partial charge in [0.15, 0.2) is 0 Å². The molecule has 3 aromatic rings. The van der Waals surface area contributed by atoms with Crippen LogP contribution >= 0.6 is 11.6 Å². The number of hydrogen-bond acceptors (Lipinski definition) is 5. The number of carbonyl (C=O) groups excluding carboxylic acids is 2. The summed E-state index contributed by atoms with van der Waals surface area (Å²) in [6.45, 7) is 3.15. The Labute approximate surface area is 246 Å². The van der Waals surface area contributed by atoms with Crippen LogP contribution in [0.5, 0.6) is 5.75 Å². The van der Waals surface area contributed by atoms with Crippen molar-refractivity contribution in [2.24, 2.45) is 0 Å². The molecule has 41 heavy (non-hydrogen) atoms. The first-order valence-corrected chi connectivity index (χ1v) is 15.3. The van der Waals surface area contributed by atoms with E-state index in [9.17, 15) is 22.4 Å². The number of hydrogen-bond donors (Lipinski definition) is 1. The van der Waals surface area contributed by atoms with Gasteiger partial charge in [0.25, 0.3) is 0 Å². The molecule has 3 rings (SSSR count). The normalized spacial score (nSPS) is 12.7. The highest BCUT2D eigenvalue weighted by molar-refractivity contribution is 7.92. The van der Waals surface area contributed by atoms with Crippen molar-refractivity contribution in [3.05, 3.63) is 94.8 Å². The van der Waals surface area contributed by atoms with Gasteiger partial charge in [0.2, 0.25) is 21.8 Å². The summed E-state index contributed by atoms with van der Waals surface area (Å²) in [4.78, 5) is 29.0. The average molecular weight is 604 g/mol. The summed E-state index contributed by atoms with van der Waals surface area (Å²) in [7, 11) is -2.52. The molecule has 0 saturated carbocycles. The lowest BCUT2D eigenvalue weighted by molar-refractivity contribution is -0.140. The summed E-state index contributed by atoms with van der Waals surface area (Å²) < 4.78 is 45.6. The largest absolute Gasteiger partial charge is 0.495 e. The third-order valence-electron chi connectivity index (χ3n) is 6.64. The van der Waals surface area contributed by atoms with Gasteiger partial charge in [-0.2, -0.15) is 0 Å². The van der Waals surface area contributed by atoms with Gasteiger partial charge in [0.05, 0.1) is 24.1 Å². The number of benzene rings is 3. The van der Waals surface area contributed by atoms with E-state index in [0.29, 0.717) is 17.7 Å². The van der Waals surface area contributed by atoms with Crippen LogP contribution in [-0.4, -0.2) is 57.1 Å². The number of carbonyl (C=O) groups is 2. The summed E-state index contributed by atoms with van der Waals surface area (Å²) in [5.41, 5.74) is 1.56. The lowest BCUT2D eigenvalue weighted by Gasteiger charge is -2.34. The standard InChI is InChI=1S/C30H35ClFN3O5S/c1-5-21(2)33-30(37)27(17-22-9-7-6-8-10-22)34(19-23-11-13-24(32)14-12-23)29(36)20-35(41(4,38)39)25-15-16-28(40-3)26(31)18-25/h6-16,18,21,27H,5,17,19-20H2,1-4H3,(H,33,37)/t21-,27+/m0/s1. The van der Waals surface area contributed by atoms with Crippen molar-refractivity contribution < 1.29 is 27.1 Å². The van der Waals surface area contributed by atoms with Crippen molar-refractivity contribution in [2.75, 3.05) is 24.2 Å². The molecule has 0 fully saturated rings. The Morgan fingerprint density at radius 2 is 1.68 bits per heavy atom. The summed E-state index contributed by atoms with van der Waals surface area (Å²) in [6.07, 6.45) is 1.85. The van der Waals surface area contributed by atoms with Crippen molar-refractivity contribution in [3.63, 3.8) is 0 Å². The van der Waals surface area contributed by atoms with Gasteiger partial charge in [0.1, 0.15) is 24.2 Å². The minimum atomic E-state index is -3.95. The predicted molar refractivity (Wildman–Crippen MR) is 159 cm³/mol. The van der Waals surface area contributed by atoms with Crippen LogP contribution in [0.4, 0.5) is 10.1 Å². The molecular weight excluding hydrogens is 569 g/mol. The number of anilines is 1. The first-order chi connectivity index (χ1) is 19.4. The maximum absolute atomic E-state index is 14.1. The van der Waals surface area contributed by atoms with Crippen LogP contribution in [0.15, 0.2) is 72.8 Å². The van der Waals surface area contributed by atoms with Gasteiger partial charge in [-0.25, -0.2) is 12.8 Å². The molecule has 0 saturated heterocycles. The van der Waals surface area contributed by atoms with E-state index < -0.39 is 34.3 Å². The molecule has 2 amide bonds. The fraction of sp³-hybridized carbons (Fsp3) is 0.333. The Hall–Kier alpha value is -3.63. The molecule has 0 aliphatic rings. The van der Waals surface area contributed by atoms with Crippen LogP contribution in [0.25, 0.3) is 0 Å². The SMILES string of the molecule is CC[C@H](C)NC(=O)[C@@H](Cc1ccccc1)N(Cc1ccc(F)cc1)C(=O)CN(c1ccc(OC)c(Cl)c1)S(C)(=O)=O. The van der Waals surface area contributed by atoms with Gasteiger partial charge in [-0.05, 0) is 54.8 Å². The van der Waals surface area contributed by atoms with E-state index in [1.165, 1.54) is 54.5 Å². The van der Waals surface area contributed by atoms with Gasteiger partial charge in [-0.1, -0.05) is 61.0 Å². The van der Waals surface area contributed by atoms with Gasteiger partial charge >= 0.3 is 0 Å². The molecule has 0 radical (unpaired) electrons. The summed E-state index contributed by atoms with van der Waals surface area (Å²) >= 11 is 6.26. The molecule has 0 unspecified atom stereocenters. The predicted octanol–water partition coefficient (Wildman–Crippen LogP) is 4.81. The number of sulfonamides is 1. The van der Waals surface area contributed by atoms with E-state index in [1.54, 1.807) is 0 Å². The number of nitrogens with zero attached hydrogens (tertiary/aromatic N) is 2. The van der Waals surface area contributed by atoms with Crippen LogP contribution in [-0.2, 0) is 32.6 Å². The second kappa shape index (κ2) is 14.3. The molecule has 220 valence electrons. The maximum atomic E-state index is 14.1. The Morgan fingerprint density at radius 1 is 1.02 bits per heavy atom. The molecule has 0 spiro atoms. The van der Waals surface area contributed by atoms with E-state index in [2.05, 4.69) is 5.32 Å². The average Bonchev–Trinajstić information content (AvgIpc) is 2.94. The zero-order valence-corrected chi connectivity index (χ0v) is 25.1. The van der Waals surface area contributed by atoms with E-state index in [1.807, 2.05) is 44.2 Å². The lowest BCUT2D eigenvalue weighted by atomic mass is 10.0. The Morgan fingerprint density at radius 3 is 2.24 bits per heavy atom. The highest BCUT2D eigenvalue weighted by Crippen LogP contribution is 2.30. The highest BCUT2D eigenvalue weighted by atomic mass is 35.5. The number of ether oxygens (including phenoxy) is 1. The molecule has 3 aromatic carbocycles. The van der Waals surface area contributed by atoms with Gasteiger partial charge in [-0.3, -0.25) is 13.9 Å². The first-order valence-electron chi connectivity index (χ1n) is 13.1. The fourth-order valence-electron chi connectivity index (χ4n) is 4.21. The molecule has 11 heteroatoms. The number of amides is 2. The number of methoxy groups -OCH3 is 1. The van der Waals surface area contributed by atoms with Crippen molar-refractivity contribution in [1.29, 1.82) is 0 Å². The molecule has 0 aromatic heterocycles. The topological polar surface area (TPSA) is 96.0 Å². The van der Waals surface area contributed by atoms with E-state index in [4.69, 9.17) is 16.3 Å². The molecule has 0 bridgehead atoms.